The molecular formula is C19H22N2O4S. The van der Waals surface area contributed by atoms with E-state index in [0.29, 0.717) is 30.9 Å². The van der Waals surface area contributed by atoms with E-state index in [1.165, 1.54) is 12.1 Å². The minimum atomic E-state index is -3.71. The number of nitrogens with one attached hydrogen (secondary N) is 1. The molecule has 1 atom stereocenters. The molecule has 6 nitrogen and oxygen atoms in total. The van der Waals surface area contributed by atoms with Crippen LogP contribution in [0.15, 0.2) is 53.4 Å². The van der Waals surface area contributed by atoms with E-state index in [-0.39, 0.29) is 16.9 Å². The molecule has 0 aliphatic carbocycles. The van der Waals surface area contributed by atoms with Gasteiger partial charge in [0.05, 0.1) is 23.3 Å². The van der Waals surface area contributed by atoms with Crippen molar-refractivity contribution in [3.05, 3.63) is 59.7 Å². The van der Waals surface area contributed by atoms with Crippen molar-refractivity contribution in [1.29, 1.82) is 0 Å². The number of sulfonamides is 1. The lowest BCUT2D eigenvalue weighted by Crippen LogP contribution is -2.44. The molecule has 2 aromatic rings. The molecule has 0 spiro atoms. The van der Waals surface area contributed by atoms with Crippen LogP contribution in [0.1, 0.15) is 22.8 Å². The van der Waals surface area contributed by atoms with Gasteiger partial charge in [0.25, 0.3) is 15.9 Å². The van der Waals surface area contributed by atoms with E-state index in [1.807, 2.05) is 26.0 Å². The Morgan fingerprint density at radius 3 is 2.50 bits per heavy atom. The summed E-state index contributed by atoms with van der Waals surface area (Å²) in [7, 11) is -3.71. The van der Waals surface area contributed by atoms with E-state index < -0.39 is 10.0 Å². The maximum absolute atomic E-state index is 12.6. The smallest absolute Gasteiger partial charge is 0.261 e. The molecule has 1 aliphatic heterocycles. The molecule has 1 heterocycles. The molecule has 0 aromatic heterocycles. The minimum Gasteiger partial charge on any atom is -0.375 e. The molecular weight excluding hydrogens is 352 g/mol. The van der Waals surface area contributed by atoms with Gasteiger partial charge < -0.3 is 9.64 Å². The third kappa shape index (κ3) is 4.05. The van der Waals surface area contributed by atoms with Crippen molar-refractivity contribution in [2.75, 3.05) is 24.4 Å². The topological polar surface area (TPSA) is 75.7 Å². The van der Waals surface area contributed by atoms with Gasteiger partial charge >= 0.3 is 0 Å². The lowest BCUT2D eigenvalue weighted by molar-refractivity contribution is -0.0124. The van der Waals surface area contributed by atoms with Crippen LogP contribution < -0.4 is 4.72 Å². The number of rotatable bonds is 4. The molecule has 1 N–H and O–H groups in total. The lowest BCUT2D eigenvalue weighted by atomic mass is 10.2. The summed E-state index contributed by atoms with van der Waals surface area (Å²) >= 11 is 0. The Hall–Kier alpha value is -2.38. The first-order chi connectivity index (χ1) is 12.4. The molecule has 3 rings (SSSR count). The molecule has 1 saturated heterocycles. The molecule has 1 amide bonds. The molecule has 1 aliphatic rings. The highest BCUT2D eigenvalue weighted by molar-refractivity contribution is 7.92. The molecule has 1 fully saturated rings. The number of carbonyl (C=O) groups is 1. The van der Waals surface area contributed by atoms with Crippen molar-refractivity contribution in [2.45, 2.75) is 24.8 Å². The second-order valence-corrected chi connectivity index (χ2v) is 8.06. The molecule has 0 radical (unpaired) electrons. The normalized spacial score (nSPS) is 17.8. The van der Waals surface area contributed by atoms with Crippen molar-refractivity contribution < 1.29 is 17.9 Å². The van der Waals surface area contributed by atoms with Crippen molar-refractivity contribution in [3.63, 3.8) is 0 Å². The predicted molar refractivity (Wildman–Crippen MR) is 99.7 cm³/mol. The zero-order valence-corrected chi connectivity index (χ0v) is 15.6. The average molecular weight is 374 g/mol. The highest BCUT2D eigenvalue weighted by atomic mass is 32.2. The van der Waals surface area contributed by atoms with Gasteiger partial charge in [0.2, 0.25) is 0 Å². The maximum Gasteiger partial charge on any atom is 0.261 e. The second kappa shape index (κ2) is 7.47. The number of nitrogens with zero attached hydrogens (tertiary/aromatic N) is 1. The van der Waals surface area contributed by atoms with Crippen LogP contribution >= 0.6 is 0 Å². The Kier molecular flexibility index (Phi) is 5.29. The monoisotopic (exact) mass is 374 g/mol. The van der Waals surface area contributed by atoms with Crippen molar-refractivity contribution >= 4 is 21.6 Å². The van der Waals surface area contributed by atoms with Gasteiger partial charge in [0, 0.05) is 18.7 Å². The van der Waals surface area contributed by atoms with Gasteiger partial charge in [-0.25, -0.2) is 8.42 Å². The number of hydrogen-bond donors (Lipinski definition) is 1. The van der Waals surface area contributed by atoms with Crippen LogP contribution in [0.2, 0.25) is 0 Å². The largest absolute Gasteiger partial charge is 0.375 e. The van der Waals surface area contributed by atoms with E-state index in [0.717, 1.165) is 5.56 Å². The third-order valence-electron chi connectivity index (χ3n) is 4.33. The molecule has 1 unspecified atom stereocenters. The molecule has 0 saturated carbocycles. The number of anilines is 1. The summed E-state index contributed by atoms with van der Waals surface area (Å²) < 4.78 is 33.1. The SMILES string of the molecule is Cc1ccccc1NS(=O)(=O)c1ccc(C(=O)N2CCOC(C)C2)cc1. The Morgan fingerprint density at radius 2 is 1.85 bits per heavy atom. The summed E-state index contributed by atoms with van der Waals surface area (Å²) in [5, 5.41) is 0. The van der Waals surface area contributed by atoms with Gasteiger partial charge in [-0.1, -0.05) is 18.2 Å². The number of morpholine rings is 1. The van der Waals surface area contributed by atoms with E-state index in [2.05, 4.69) is 4.72 Å². The summed E-state index contributed by atoms with van der Waals surface area (Å²) in [5.74, 6) is -0.115. The zero-order chi connectivity index (χ0) is 18.7. The molecule has 0 bridgehead atoms. The van der Waals surface area contributed by atoms with Gasteiger partial charge in [0.15, 0.2) is 0 Å². The van der Waals surface area contributed by atoms with E-state index in [4.69, 9.17) is 4.74 Å². The number of aryl methyl sites for hydroxylation is 1. The zero-order valence-electron chi connectivity index (χ0n) is 14.8. The summed E-state index contributed by atoms with van der Waals surface area (Å²) in [6, 6.07) is 13.2. The van der Waals surface area contributed by atoms with Gasteiger partial charge in [-0.3, -0.25) is 9.52 Å². The molecule has 26 heavy (non-hydrogen) atoms. The first kappa shape index (κ1) is 18.4. The summed E-state index contributed by atoms with van der Waals surface area (Å²) in [6.45, 7) is 5.35. The number of benzene rings is 2. The lowest BCUT2D eigenvalue weighted by Gasteiger charge is -2.31. The second-order valence-electron chi connectivity index (χ2n) is 6.38. The van der Waals surface area contributed by atoms with Gasteiger partial charge in [-0.05, 0) is 49.7 Å². The third-order valence-corrected chi connectivity index (χ3v) is 5.71. The standard InChI is InChI=1S/C19H22N2O4S/c1-14-5-3-4-6-18(14)20-26(23,24)17-9-7-16(8-10-17)19(22)21-11-12-25-15(2)13-21/h3-10,15,20H,11-13H2,1-2H3. The van der Waals surface area contributed by atoms with E-state index in [9.17, 15) is 13.2 Å². The van der Waals surface area contributed by atoms with Crippen LogP contribution in [0.5, 0.6) is 0 Å². The van der Waals surface area contributed by atoms with Crippen LogP contribution in [-0.4, -0.2) is 45.0 Å². The number of amides is 1. The maximum atomic E-state index is 12.6. The van der Waals surface area contributed by atoms with Crippen molar-refractivity contribution in [1.82, 2.24) is 4.90 Å². The Balaban J connectivity index is 1.76. The quantitative estimate of drug-likeness (QED) is 0.893. The fraction of sp³-hybridized carbons (Fsp3) is 0.316. The summed E-state index contributed by atoms with van der Waals surface area (Å²) in [5.41, 5.74) is 1.84. The van der Waals surface area contributed by atoms with Gasteiger partial charge in [-0.15, -0.1) is 0 Å². The fourth-order valence-electron chi connectivity index (χ4n) is 2.85. The number of carbonyl (C=O) groups excluding carboxylic acids is 1. The first-order valence-corrected chi connectivity index (χ1v) is 9.94. The molecule has 138 valence electrons. The summed E-state index contributed by atoms with van der Waals surface area (Å²) in [4.78, 5) is 14.4. The average Bonchev–Trinajstić information content (AvgIpc) is 2.63. The van der Waals surface area contributed by atoms with Gasteiger partial charge in [0.1, 0.15) is 0 Å². The van der Waals surface area contributed by atoms with Gasteiger partial charge in [-0.2, -0.15) is 0 Å². The van der Waals surface area contributed by atoms with Crippen LogP contribution in [0.4, 0.5) is 5.69 Å². The van der Waals surface area contributed by atoms with Crippen LogP contribution in [0.3, 0.4) is 0 Å². The summed E-state index contributed by atoms with van der Waals surface area (Å²) in [6.07, 6.45) is 0.00524. The minimum absolute atomic E-state index is 0.00524. The molecule has 2 aromatic carbocycles. The predicted octanol–water partition coefficient (Wildman–Crippen LogP) is 2.66. The Bertz CT molecular complexity index is 894. The fourth-order valence-corrected chi connectivity index (χ4v) is 3.98. The van der Waals surface area contributed by atoms with Crippen LogP contribution in [-0.2, 0) is 14.8 Å². The molecule has 7 heteroatoms. The van der Waals surface area contributed by atoms with E-state index >= 15 is 0 Å². The van der Waals surface area contributed by atoms with E-state index in [1.54, 1.807) is 29.2 Å². The van der Waals surface area contributed by atoms with Crippen LogP contribution in [0.25, 0.3) is 0 Å². The highest BCUT2D eigenvalue weighted by Crippen LogP contribution is 2.20. The first-order valence-electron chi connectivity index (χ1n) is 8.46. The number of para-hydroxylation sites is 1. The Labute approximate surface area is 153 Å². The Morgan fingerprint density at radius 1 is 1.15 bits per heavy atom. The van der Waals surface area contributed by atoms with Crippen LogP contribution in [0, 0.1) is 6.92 Å². The van der Waals surface area contributed by atoms with Crippen molar-refractivity contribution in [3.8, 4) is 0 Å². The van der Waals surface area contributed by atoms with Crippen molar-refractivity contribution in [2.24, 2.45) is 0 Å². The highest BCUT2D eigenvalue weighted by Gasteiger charge is 2.23. The number of ether oxygens (including phenoxy) is 1. The number of hydrogen-bond acceptors (Lipinski definition) is 4.